The number of hydrogen-bond acceptors (Lipinski definition) is 2. The van der Waals surface area contributed by atoms with E-state index >= 15 is 0 Å². The lowest BCUT2D eigenvalue weighted by atomic mass is 10.1. The normalized spacial score (nSPS) is 12.3. The van der Waals surface area contributed by atoms with E-state index in [4.69, 9.17) is 4.18 Å². The standard InChI is InChI=1S/C21H30OS/c1-18(2)10-8-11-19(3)12-9-13-20(4)16-17-22-23-21-14-6-5-7-15-21/h5-7,10,12,14-16H,8-9,11,13,17H2,1-4H3/b19-12+,20-16+. The molecule has 1 aromatic carbocycles. The fourth-order valence-corrected chi connectivity index (χ4v) is 2.63. The van der Waals surface area contributed by atoms with Crippen molar-refractivity contribution in [2.75, 3.05) is 6.61 Å². The highest BCUT2D eigenvalue weighted by molar-refractivity contribution is 7.94. The van der Waals surface area contributed by atoms with Gasteiger partial charge in [-0.2, -0.15) is 0 Å². The molecule has 2 heteroatoms. The van der Waals surface area contributed by atoms with Crippen LogP contribution in [0.1, 0.15) is 53.4 Å². The van der Waals surface area contributed by atoms with Gasteiger partial charge in [0.1, 0.15) is 0 Å². The molecule has 0 aromatic heterocycles. The number of benzene rings is 1. The van der Waals surface area contributed by atoms with Gasteiger partial charge in [0.15, 0.2) is 0 Å². The SMILES string of the molecule is CC(C)=CCC/C(C)=C/CC/C(C)=C/COSc1ccccc1. The van der Waals surface area contributed by atoms with E-state index in [1.165, 1.54) is 35.2 Å². The average molecular weight is 331 g/mol. The van der Waals surface area contributed by atoms with Crippen molar-refractivity contribution in [3.63, 3.8) is 0 Å². The predicted molar refractivity (Wildman–Crippen MR) is 104 cm³/mol. The van der Waals surface area contributed by atoms with Gasteiger partial charge in [0.2, 0.25) is 0 Å². The van der Waals surface area contributed by atoms with E-state index in [0.29, 0.717) is 6.61 Å². The average Bonchev–Trinajstić information content (AvgIpc) is 2.52. The zero-order valence-electron chi connectivity index (χ0n) is 15.0. The predicted octanol–water partition coefficient (Wildman–Crippen LogP) is 7.13. The highest BCUT2D eigenvalue weighted by atomic mass is 32.2. The van der Waals surface area contributed by atoms with Crippen LogP contribution in [0, 0.1) is 0 Å². The molecule has 126 valence electrons. The van der Waals surface area contributed by atoms with Gasteiger partial charge in [-0.1, -0.05) is 53.1 Å². The largest absolute Gasteiger partial charge is 0.306 e. The molecule has 23 heavy (non-hydrogen) atoms. The smallest absolute Gasteiger partial charge is 0.0802 e. The molecule has 0 saturated heterocycles. The Labute approximate surface area is 146 Å². The van der Waals surface area contributed by atoms with Crippen molar-refractivity contribution in [2.45, 2.75) is 58.3 Å². The Bertz CT molecular complexity index is 522. The molecule has 0 bridgehead atoms. The fourth-order valence-electron chi connectivity index (χ4n) is 2.09. The number of allylic oxidation sites excluding steroid dienone is 5. The van der Waals surface area contributed by atoms with Gasteiger partial charge in [-0.05, 0) is 65.5 Å². The van der Waals surface area contributed by atoms with Gasteiger partial charge < -0.3 is 4.18 Å². The molecule has 1 nitrogen and oxygen atoms in total. The Kier molecular flexibility index (Phi) is 10.5. The maximum Gasteiger partial charge on any atom is 0.0802 e. The third kappa shape index (κ3) is 11.0. The van der Waals surface area contributed by atoms with Crippen molar-refractivity contribution in [2.24, 2.45) is 0 Å². The summed E-state index contributed by atoms with van der Waals surface area (Å²) in [5, 5.41) is 0. The van der Waals surface area contributed by atoms with Crippen LogP contribution in [-0.4, -0.2) is 6.61 Å². The van der Waals surface area contributed by atoms with E-state index < -0.39 is 0 Å². The van der Waals surface area contributed by atoms with E-state index in [-0.39, 0.29) is 0 Å². The second-order valence-corrected chi connectivity index (χ2v) is 7.01. The Balaban J connectivity index is 2.17. The van der Waals surface area contributed by atoms with Gasteiger partial charge in [0.25, 0.3) is 0 Å². The molecule has 1 aromatic rings. The molecular weight excluding hydrogens is 300 g/mol. The van der Waals surface area contributed by atoms with Gasteiger partial charge in [0, 0.05) is 16.9 Å². The Morgan fingerprint density at radius 2 is 1.48 bits per heavy atom. The summed E-state index contributed by atoms with van der Waals surface area (Å²) in [6.45, 7) is 9.39. The Hall–Kier alpha value is -1.25. The maximum atomic E-state index is 5.61. The first-order chi connectivity index (χ1) is 11.1. The first-order valence-electron chi connectivity index (χ1n) is 8.37. The molecular formula is C21H30OS. The van der Waals surface area contributed by atoms with Gasteiger partial charge in [-0.15, -0.1) is 0 Å². The number of hydrogen-bond donors (Lipinski definition) is 0. The van der Waals surface area contributed by atoms with Crippen LogP contribution in [-0.2, 0) is 4.18 Å². The molecule has 0 aliphatic rings. The van der Waals surface area contributed by atoms with Crippen LogP contribution < -0.4 is 0 Å². The van der Waals surface area contributed by atoms with E-state index in [2.05, 4.69) is 58.1 Å². The minimum atomic E-state index is 0.661. The highest BCUT2D eigenvalue weighted by Crippen LogP contribution is 2.18. The van der Waals surface area contributed by atoms with Crippen molar-refractivity contribution in [1.82, 2.24) is 0 Å². The minimum absolute atomic E-state index is 0.661. The molecule has 0 aliphatic carbocycles. The molecule has 0 fully saturated rings. The van der Waals surface area contributed by atoms with E-state index in [1.807, 2.05) is 18.2 Å². The molecule has 0 heterocycles. The van der Waals surface area contributed by atoms with Gasteiger partial charge in [-0.3, -0.25) is 0 Å². The van der Waals surface area contributed by atoms with Crippen molar-refractivity contribution in [3.8, 4) is 0 Å². The summed E-state index contributed by atoms with van der Waals surface area (Å²) in [6.07, 6.45) is 11.4. The van der Waals surface area contributed by atoms with Crippen molar-refractivity contribution < 1.29 is 4.18 Å². The van der Waals surface area contributed by atoms with Crippen LogP contribution in [0.2, 0.25) is 0 Å². The van der Waals surface area contributed by atoms with Crippen LogP contribution >= 0.6 is 12.0 Å². The van der Waals surface area contributed by atoms with Gasteiger partial charge in [0.05, 0.1) is 6.61 Å². The lowest BCUT2D eigenvalue weighted by molar-refractivity contribution is 0.427. The van der Waals surface area contributed by atoms with E-state index in [9.17, 15) is 0 Å². The molecule has 0 spiro atoms. The van der Waals surface area contributed by atoms with Crippen LogP contribution in [0.3, 0.4) is 0 Å². The summed E-state index contributed by atoms with van der Waals surface area (Å²) < 4.78 is 5.61. The van der Waals surface area contributed by atoms with E-state index in [1.54, 1.807) is 0 Å². The van der Waals surface area contributed by atoms with E-state index in [0.717, 1.165) is 24.2 Å². The second-order valence-electron chi connectivity index (χ2n) is 6.14. The monoisotopic (exact) mass is 330 g/mol. The first-order valence-corrected chi connectivity index (χ1v) is 9.11. The third-order valence-corrected chi connectivity index (χ3v) is 4.24. The summed E-state index contributed by atoms with van der Waals surface area (Å²) in [4.78, 5) is 1.15. The summed E-state index contributed by atoms with van der Waals surface area (Å²) in [7, 11) is 0. The lowest BCUT2D eigenvalue weighted by Gasteiger charge is -2.02. The molecule has 0 aliphatic heterocycles. The third-order valence-electron chi connectivity index (χ3n) is 3.52. The summed E-state index contributed by atoms with van der Waals surface area (Å²) >= 11 is 1.44. The zero-order chi connectivity index (χ0) is 16.9. The highest BCUT2D eigenvalue weighted by Gasteiger charge is 1.94. The first kappa shape index (κ1) is 19.8. The number of rotatable bonds is 10. The van der Waals surface area contributed by atoms with Crippen LogP contribution in [0.15, 0.2) is 70.2 Å². The maximum absolute atomic E-state index is 5.61. The molecule has 0 radical (unpaired) electrons. The molecule has 0 amide bonds. The van der Waals surface area contributed by atoms with Crippen LogP contribution in [0.25, 0.3) is 0 Å². The molecule has 0 N–H and O–H groups in total. The topological polar surface area (TPSA) is 9.23 Å². The van der Waals surface area contributed by atoms with Crippen LogP contribution in [0.5, 0.6) is 0 Å². The summed E-state index contributed by atoms with van der Waals surface area (Å²) in [5.74, 6) is 0. The molecule has 0 unspecified atom stereocenters. The van der Waals surface area contributed by atoms with Crippen molar-refractivity contribution >= 4 is 12.0 Å². The van der Waals surface area contributed by atoms with Crippen molar-refractivity contribution in [3.05, 3.63) is 65.3 Å². The Morgan fingerprint density at radius 3 is 2.13 bits per heavy atom. The molecule has 0 atom stereocenters. The lowest BCUT2D eigenvalue weighted by Crippen LogP contribution is -1.85. The minimum Gasteiger partial charge on any atom is -0.306 e. The second kappa shape index (κ2) is 12.2. The quantitative estimate of drug-likeness (QED) is 0.256. The van der Waals surface area contributed by atoms with Crippen LogP contribution in [0.4, 0.5) is 0 Å². The Morgan fingerprint density at radius 1 is 0.870 bits per heavy atom. The van der Waals surface area contributed by atoms with Gasteiger partial charge >= 0.3 is 0 Å². The fraction of sp³-hybridized carbons (Fsp3) is 0.429. The summed E-state index contributed by atoms with van der Waals surface area (Å²) in [6, 6.07) is 10.2. The zero-order valence-corrected chi connectivity index (χ0v) is 15.8. The van der Waals surface area contributed by atoms with Gasteiger partial charge in [-0.25, -0.2) is 0 Å². The molecule has 1 rings (SSSR count). The van der Waals surface area contributed by atoms with Crippen molar-refractivity contribution in [1.29, 1.82) is 0 Å². The molecule has 0 saturated carbocycles. The summed E-state index contributed by atoms with van der Waals surface area (Å²) in [5.41, 5.74) is 4.29.